The summed E-state index contributed by atoms with van der Waals surface area (Å²) in [6.07, 6.45) is 1.52. The molecule has 5 heteroatoms. The highest BCUT2D eigenvalue weighted by atomic mass is 19.1. The summed E-state index contributed by atoms with van der Waals surface area (Å²) in [6.45, 7) is -0.101. The molecule has 1 unspecified atom stereocenters. The largest absolute Gasteiger partial charge is 0.492 e. The number of carbonyl (C=O) groups is 1. The van der Waals surface area contributed by atoms with Crippen LogP contribution in [-0.4, -0.2) is 22.7 Å². The lowest BCUT2D eigenvalue weighted by Gasteiger charge is -2.13. The summed E-state index contributed by atoms with van der Waals surface area (Å²) in [5.41, 5.74) is 0.409. The molecule has 1 aromatic carbocycles. The van der Waals surface area contributed by atoms with Crippen LogP contribution in [0.25, 0.3) is 0 Å². The fraction of sp³-hybridized carbons (Fsp3) is 0.143. The van der Waals surface area contributed by atoms with Gasteiger partial charge in [0.1, 0.15) is 24.1 Å². The second-order valence-corrected chi connectivity index (χ2v) is 3.91. The topological polar surface area (TPSA) is 59.4 Å². The van der Waals surface area contributed by atoms with Gasteiger partial charge in [-0.2, -0.15) is 0 Å². The van der Waals surface area contributed by atoms with E-state index in [0.29, 0.717) is 11.4 Å². The van der Waals surface area contributed by atoms with Gasteiger partial charge >= 0.3 is 5.97 Å². The third-order valence-corrected chi connectivity index (χ3v) is 2.56. The maximum absolute atomic E-state index is 13.0. The molecule has 98 valence electrons. The minimum Gasteiger partial charge on any atom is -0.492 e. The van der Waals surface area contributed by atoms with Crippen molar-refractivity contribution in [2.45, 2.75) is 5.92 Å². The summed E-state index contributed by atoms with van der Waals surface area (Å²) in [5.74, 6) is -2.05. The number of ether oxygens (including phenoxy) is 1. The molecule has 0 aliphatic rings. The standard InChI is InChI=1S/C14H12FNO3/c15-10-4-3-5-11(8-10)19-9-12(14(17)18)13-6-1-2-7-16-13/h1-8,12H,9H2,(H,17,18). The Labute approximate surface area is 109 Å². The van der Waals surface area contributed by atoms with E-state index in [0.717, 1.165) is 0 Å². The van der Waals surface area contributed by atoms with Gasteiger partial charge < -0.3 is 9.84 Å². The summed E-state index contributed by atoms with van der Waals surface area (Å²) < 4.78 is 18.3. The van der Waals surface area contributed by atoms with Gasteiger partial charge in [0.25, 0.3) is 0 Å². The molecule has 0 saturated heterocycles. The Kier molecular flexibility index (Phi) is 4.07. The SMILES string of the molecule is O=C(O)C(COc1cccc(F)c1)c1ccccn1. The lowest BCUT2D eigenvalue weighted by Crippen LogP contribution is -2.20. The van der Waals surface area contributed by atoms with Crippen LogP contribution in [0.15, 0.2) is 48.7 Å². The third-order valence-electron chi connectivity index (χ3n) is 2.56. The zero-order valence-corrected chi connectivity index (χ0v) is 9.99. The molecule has 0 saturated carbocycles. The Morgan fingerprint density at radius 2 is 2.16 bits per heavy atom. The number of carboxylic acids is 1. The predicted molar refractivity (Wildman–Crippen MR) is 66.5 cm³/mol. The molecule has 2 rings (SSSR count). The van der Waals surface area contributed by atoms with E-state index in [1.165, 1.54) is 24.4 Å². The van der Waals surface area contributed by atoms with Crippen LogP contribution in [0, 0.1) is 5.82 Å². The van der Waals surface area contributed by atoms with Crippen LogP contribution in [-0.2, 0) is 4.79 Å². The molecule has 0 bridgehead atoms. The molecule has 1 N–H and O–H groups in total. The minimum atomic E-state index is -1.03. The lowest BCUT2D eigenvalue weighted by atomic mass is 10.1. The second-order valence-electron chi connectivity index (χ2n) is 3.91. The summed E-state index contributed by atoms with van der Waals surface area (Å²) in [6, 6.07) is 10.6. The summed E-state index contributed by atoms with van der Waals surface area (Å²) in [7, 11) is 0. The summed E-state index contributed by atoms with van der Waals surface area (Å²) in [5, 5.41) is 9.17. The number of carboxylic acid groups (broad SMARTS) is 1. The van der Waals surface area contributed by atoms with Crippen molar-refractivity contribution in [3.8, 4) is 5.75 Å². The number of pyridine rings is 1. The molecule has 0 aliphatic carbocycles. The van der Waals surface area contributed by atoms with Gasteiger partial charge in [0.2, 0.25) is 0 Å². The highest BCUT2D eigenvalue weighted by Crippen LogP contribution is 2.17. The molecule has 0 fully saturated rings. The summed E-state index contributed by atoms with van der Waals surface area (Å²) in [4.78, 5) is 15.2. The Hall–Kier alpha value is -2.43. The zero-order chi connectivity index (χ0) is 13.7. The Morgan fingerprint density at radius 3 is 2.79 bits per heavy atom. The average Bonchev–Trinajstić information content (AvgIpc) is 2.40. The summed E-state index contributed by atoms with van der Waals surface area (Å²) >= 11 is 0. The zero-order valence-electron chi connectivity index (χ0n) is 9.99. The molecule has 19 heavy (non-hydrogen) atoms. The Bertz CT molecular complexity index is 560. The van der Waals surface area contributed by atoms with Crippen LogP contribution in [0.4, 0.5) is 4.39 Å². The van der Waals surface area contributed by atoms with Crippen LogP contribution in [0.5, 0.6) is 5.75 Å². The van der Waals surface area contributed by atoms with E-state index < -0.39 is 17.7 Å². The van der Waals surface area contributed by atoms with E-state index in [2.05, 4.69) is 4.98 Å². The quantitative estimate of drug-likeness (QED) is 0.898. The first-order chi connectivity index (χ1) is 9.16. The van der Waals surface area contributed by atoms with Crippen molar-refractivity contribution >= 4 is 5.97 Å². The van der Waals surface area contributed by atoms with Crippen molar-refractivity contribution < 1.29 is 19.0 Å². The van der Waals surface area contributed by atoms with Crippen molar-refractivity contribution in [1.29, 1.82) is 0 Å². The first kappa shape index (κ1) is 13.0. The fourth-order valence-electron chi connectivity index (χ4n) is 1.60. The van der Waals surface area contributed by atoms with Gasteiger partial charge in [-0.3, -0.25) is 9.78 Å². The maximum Gasteiger partial charge on any atom is 0.316 e. The molecular weight excluding hydrogens is 249 g/mol. The van der Waals surface area contributed by atoms with Crippen LogP contribution in [0.1, 0.15) is 11.6 Å². The minimum absolute atomic E-state index is 0.101. The van der Waals surface area contributed by atoms with E-state index >= 15 is 0 Å². The van der Waals surface area contributed by atoms with Gasteiger partial charge in [-0.05, 0) is 24.3 Å². The third kappa shape index (κ3) is 3.51. The molecule has 0 aliphatic heterocycles. The molecule has 1 atom stereocenters. The van der Waals surface area contributed by atoms with Crippen molar-refractivity contribution in [3.63, 3.8) is 0 Å². The van der Waals surface area contributed by atoms with E-state index in [-0.39, 0.29) is 6.61 Å². The van der Waals surface area contributed by atoms with Gasteiger partial charge in [0.05, 0.1) is 5.69 Å². The van der Waals surface area contributed by atoms with Gasteiger partial charge in [0.15, 0.2) is 0 Å². The Morgan fingerprint density at radius 1 is 1.32 bits per heavy atom. The highest BCUT2D eigenvalue weighted by molar-refractivity contribution is 5.75. The van der Waals surface area contributed by atoms with Crippen LogP contribution in [0.2, 0.25) is 0 Å². The van der Waals surface area contributed by atoms with Crippen molar-refractivity contribution in [2.24, 2.45) is 0 Å². The smallest absolute Gasteiger partial charge is 0.316 e. The molecule has 1 heterocycles. The van der Waals surface area contributed by atoms with E-state index in [1.807, 2.05) is 0 Å². The van der Waals surface area contributed by atoms with Crippen LogP contribution < -0.4 is 4.74 Å². The number of hydrogen-bond acceptors (Lipinski definition) is 3. The number of benzene rings is 1. The predicted octanol–water partition coefficient (Wildman–Crippen LogP) is 2.47. The van der Waals surface area contributed by atoms with Crippen molar-refractivity contribution in [2.75, 3.05) is 6.61 Å². The highest BCUT2D eigenvalue weighted by Gasteiger charge is 2.21. The average molecular weight is 261 g/mol. The first-order valence-electron chi connectivity index (χ1n) is 5.69. The number of aliphatic carboxylic acids is 1. The van der Waals surface area contributed by atoms with Gasteiger partial charge in [0, 0.05) is 12.3 Å². The fourth-order valence-corrected chi connectivity index (χ4v) is 1.60. The molecule has 4 nitrogen and oxygen atoms in total. The lowest BCUT2D eigenvalue weighted by molar-refractivity contribution is -0.139. The van der Waals surface area contributed by atoms with Gasteiger partial charge in [-0.25, -0.2) is 4.39 Å². The van der Waals surface area contributed by atoms with Gasteiger partial charge in [-0.1, -0.05) is 12.1 Å². The number of nitrogens with zero attached hydrogens (tertiary/aromatic N) is 1. The maximum atomic E-state index is 13.0. The monoisotopic (exact) mass is 261 g/mol. The van der Waals surface area contributed by atoms with Gasteiger partial charge in [-0.15, -0.1) is 0 Å². The number of hydrogen-bond donors (Lipinski definition) is 1. The van der Waals surface area contributed by atoms with Crippen LogP contribution >= 0.6 is 0 Å². The normalized spacial score (nSPS) is 11.8. The molecule has 2 aromatic rings. The van der Waals surface area contributed by atoms with Crippen molar-refractivity contribution in [1.82, 2.24) is 4.98 Å². The molecule has 0 amide bonds. The van der Waals surface area contributed by atoms with E-state index in [4.69, 9.17) is 9.84 Å². The van der Waals surface area contributed by atoms with Crippen molar-refractivity contribution in [3.05, 3.63) is 60.2 Å². The number of halogens is 1. The molecule has 0 spiro atoms. The second kappa shape index (κ2) is 5.95. The molecular formula is C14H12FNO3. The Balaban J connectivity index is 2.08. The van der Waals surface area contributed by atoms with E-state index in [9.17, 15) is 9.18 Å². The molecule has 1 aromatic heterocycles. The first-order valence-corrected chi connectivity index (χ1v) is 5.69. The number of aromatic nitrogens is 1. The number of rotatable bonds is 5. The van der Waals surface area contributed by atoms with Crippen LogP contribution in [0.3, 0.4) is 0 Å². The molecule has 0 radical (unpaired) electrons. The van der Waals surface area contributed by atoms with E-state index in [1.54, 1.807) is 24.3 Å².